The van der Waals surface area contributed by atoms with Gasteiger partial charge in [0.15, 0.2) is 6.61 Å². The molecule has 0 aromatic heterocycles. The van der Waals surface area contributed by atoms with Crippen LogP contribution >= 0.6 is 0 Å². The number of esters is 1. The molecule has 1 heterocycles. The molecule has 0 amide bonds. The molecule has 1 aliphatic carbocycles. The molecular formula is C24H34O4. The van der Waals surface area contributed by atoms with Crippen LogP contribution in [0.15, 0.2) is 23.8 Å². The summed E-state index contributed by atoms with van der Waals surface area (Å²) in [7, 11) is 1.39. The molecule has 2 aliphatic rings. The van der Waals surface area contributed by atoms with E-state index in [1.165, 1.54) is 31.1 Å². The highest BCUT2D eigenvalue weighted by Crippen LogP contribution is 2.54. The maximum absolute atomic E-state index is 11.7. The number of hydrogen-bond donors (Lipinski definition) is 0. The van der Waals surface area contributed by atoms with Gasteiger partial charge in [-0.1, -0.05) is 31.4 Å². The van der Waals surface area contributed by atoms with Crippen molar-refractivity contribution in [3.63, 3.8) is 0 Å². The van der Waals surface area contributed by atoms with E-state index in [9.17, 15) is 4.79 Å². The predicted octanol–water partition coefficient (Wildman–Crippen LogP) is 5.58. The molecule has 4 heteroatoms. The number of carbonyl (C=O) groups excluding carboxylic acids is 1. The highest BCUT2D eigenvalue weighted by Gasteiger charge is 2.45. The molecule has 0 fully saturated rings. The lowest BCUT2D eigenvalue weighted by molar-refractivity contribution is -0.143. The van der Waals surface area contributed by atoms with Gasteiger partial charge in [-0.15, -0.1) is 0 Å². The van der Waals surface area contributed by atoms with Crippen molar-refractivity contribution in [2.24, 2.45) is 5.92 Å². The summed E-state index contributed by atoms with van der Waals surface area (Å²) in [5.41, 5.74) is 3.52. The van der Waals surface area contributed by atoms with Crippen molar-refractivity contribution in [1.82, 2.24) is 0 Å². The standard InChI is InChI=1S/C24H34O4/c1-6-7-8-9-17-13-20(27-15-22(25)26-5)23-18-12-16(2)10-11-19(18)24(3,4)28-21(23)14-17/h10,13-14,18-19H,6-9,11-12,15H2,1-5H3/t18-,19-/m1/s1. The third-order valence-corrected chi connectivity index (χ3v) is 6.19. The first-order chi connectivity index (χ1) is 13.4. The number of rotatable bonds is 7. The first-order valence-corrected chi connectivity index (χ1v) is 10.6. The van der Waals surface area contributed by atoms with Crippen molar-refractivity contribution in [3.05, 3.63) is 34.9 Å². The van der Waals surface area contributed by atoms with E-state index in [0.29, 0.717) is 11.8 Å². The fourth-order valence-corrected chi connectivity index (χ4v) is 4.64. The van der Waals surface area contributed by atoms with Gasteiger partial charge in [0.05, 0.1) is 7.11 Å². The van der Waals surface area contributed by atoms with E-state index in [1.807, 2.05) is 0 Å². The number of carbonyl (C=O) groups is 1. The number of methoxy groups -OCH3 is 1. The summed E-state index contributed by atoms with van der Waals surface area (Å²) in [4.78, 5) is 11.7. The van der Waals surface area contributed by atoms with E-state index < -0.39 is 0 Å². The average molecular weight is 387 g/mol. The molecule has 0 radical (unpaired) electrons. The van der Waals surface area contributed by atoms with Crippen molar-refractivity contribution in [3.8, 4) is 11.5 Å². The van der Waals surface area contributed by atoms with E-state index in [4.69, 9.17) is 14.2 Å². The molecule has 0 spiro atoms. The number of allylic oxidation sites excluding steroid dienone is 2. The van der Waals surface area contributed by atoms with E-state index in [1.54, 1.807) is 0 Å². The summed E-state index contributed by atoms with van der Waals surface area (Å²) < 4.78 is 17.3. The zero-order chi connectivity index (χ0) is 20.3. The second-order valence-electron chi connectivity index (χ2n) is 8.74. The topological polar surface area (TPSA) is 44.8 Å². The largest absolute Gasteiger partial charge is 0.487 e. The van der Waals surface area contributed by atoms with Gasteiger partial charge in [0.2, 0.25) is 0 Å². The maximum atomic E-state index is 11.7. The first kappa shape index (κ1) is 20.8. The van der Waals surface area contributed by atoms with Crippen LogP contribution in [0.3, 0.4) is 0 Å². The lowest BCUT2D eigenvalue weighted by Gasteiger charge is -2.47. The van der Waals surface area contributed by atoms with Gasteiger partial charge in [-0.3, -0.25) is 0 Å². The molecular weight excluding hydrogens is 352 g/mol. The minimum atomic E-state index is -0.363. The monoisotopic (exact) mass is 386 g/mol. The Kier molecular flexibility index (Phi) is 6.36. The summed E-state index contributed by atoms with van der Waals surface area (Å²) in [6, 6.07) is 4.31. The fourth-order valence-electron chi connectivity index (χ4n) is 4.64. The van der Waals surface area contributed by atoms with Gasteiger partial charge in [0.1, 0.15) is 17.1 Å². The van der Waals surface area contributed by atoms with E-state index in [0.717, 1.165) is 42.7 Å². The van der Waals surface area contributed by atoms with E-state index >= 15 is 0 Å². The first-order valence-electron chi connectivity index (χ1n) is 10.6. The van der Waals surface area contributed by atoms with Gasteiger partial charge in [-0.05, 0) is 64.2 Å². The predicted molar refractivity (Wildman–Crippen MR) is 111 cm³/mol. The minimum absolute atomic E-state index is 0.0725. The van der Waals surface area contributed by atoms with Crippen LogP contribution in [-0.4, -0.2) is 25.3 Å². The number of ether oxygens (including phenoxy) is 3. The van der Waals surface area contributed by atoms with Crippen LogP contribution in [0.25, 0.3) is 0 Å². The Bertz CT molecular complexity index is 747. The second kappa shape index (κ2) is 8.59. The third-order valence-electron chi connectivity index (χ3n) is 6.19. The third kappa shape index (κ3) is 4.37. The molecule has 28 heavy (non-hydrogen) atoms. The average Bonchev–Trinajstić information content (AvgIpc) is 2.65. The SMILES string of the molecule is CCCCCc1cc(OCC(=O)OC)c2c(c1)OC(C)(C)[C@@H]1CC=C(C)C[C@@H]21. The van der Waals surface area contributed by atoms with E-state index in [-0.39, 0.29) is 18.2 Å². The quantitative estimate of drug-likeness (QED) is 0.348. The van der Waals surface area contributed by atoms with Crippen LogP contribution in [0.2, 0.25) is 0 Å². The van der Waals surface area contributed by atoms with Crippen molar-refractivity contribution < 1.29 is 19.0 Å². The van der Waals surface area contributed by atoms with Gasteiger partial charge in [0.25, 0.3) is 0 Å². The van der Waals surface area contributed by atoms with E-state index in [2.05, 4.69) is 45.9 Å². The summed E-state index contributed by atoms with van der Waals surface area (Å²) in [6.07, 6.45) is 8.89. The highest BCUT2D eigenvalue weighted by atomic mass is 16.6. The molecule has 0 saturated heterocycles. The van der Waals surface area contributed by atoms with Crippen molar-refractivity contribution in [2.75, 3.05) is 13.7 Å². The molecule has 0 saturated carbocycles. The normalized spacial score (nSPS) is 22.4. The minimum Gasteiger partial charge on any atom is -0.487 e. The van der Waals surface area contributed by atoms with Crippen LogP contribution in [0, 0.1) is 5.92 Å². The Labute approximate surface area is 169 Å². The zero-order valence-corrected chi connectivity index (χ0v) is 18.0. The number of fused-ring (bicyclic) bond motifs is 3. The molecule has 154 valence electrons. The smallest absolute Gasteiger partial charge is 0.343 e. The number of hydrogen-bond acceptors (Lipinski definition) is 4. The fraction of sp³-hybridized carbons (Fsp3) is 0.625. The molecule has 1 aromatic carbocycles. The van der Waals surface area contributed by atoms with Crippen LogP contribution in [0.5, 0.6) is 11.5 Å². The highest BCUT2D eigenvalue weighted by molar-refractivity contribution is 5.71. The molecule has 1 aromatic rings. The Balaban J connectivity index is 2.00. The molecule has 0 N–H and O–H groups in total. The molecule has 3 rings (SSSR count). The van der Waals surface area contributed by atoms with Crippen LogP contribution in [0.1, 0.15) is 76.8 Å². The van der Waals surface area contributed by atoms with Gasteiger partial charge < -0.3 is 14.2 Å². The number of benzene rings is 1. The zero-order valence-electron chi connectivity index (χ0n) is 18.0. The summed E-state index contributed by atoms with van der Waals surface area (Å²) in [5, 5.41) is 0. The molecule has 0 unspecified atom stereocenters. The molecule has 0 bridgehead atoms. The second-order valence-corrected chi connectivity index (χ2v) is 8.74. The Morgan fingerprint density at radius 1 is 1.29 bits per heavy atom. The van der Waals surface area contributed by atoms with Crippen molar-refractivity contribution in [2.45, 2.75) is 77.7 Å². The van der Waals surface area contributed by atoms with Crippen LogP contribution in [-0.2, 0) is 16.0 Å². The van der Waals surface area contributed by atoms with Crippen molar-refractivity contribution >= 4 is 5.97 Å². The van der Waals surface area contributed by atoms with Crippen LogP contribution in [0.4, 0.5) is 0 Å². The Hall–Kier alpha value is -1.97. The molecule has 2 atom stereocenters. The summed E-state index contributed by atoms with van der Waals surface area (Å²) in [5.74, 6) is 2.10. The number of aryl methyl sites for hydroxylation is 1. The lowest BCUT2D eigenvalue weighted by Crippen LogP contribution is -2.45. The maximum Gasteiger partial charge on any atom is 0.343 e. The molecule has 1 aliphatic heterocycles. The summed E-state index contributed by atoms with van der Waals surface area (Å²) >= 11 is 0. The molecule has 4 nitrogen and oxygen atoms in total. The number of unbranched alkanes of at least 4 members (excludes halogenated alkanes) is 2. The van der Waals surface area contributed by atoms with Gasteiger partial charge in [0, 0.05) is 17.4 Å². The van der Waals surface area contributed by atoms with Gasteiger partial charge in [-0.25, -0.2) is 4.79 Å². The Morgan fingerprint density at radius 3 is 2.79 bits per heavy atom. The summed E-state index contributed by atoms with van der Waals surface area (Å²) in [6.45, 7) is 8.73. The van der Waals surface area contributed by atoms with Crippen LogP contribution < -0.4 is 9.47 Å². The van der Waals surface area contributed by atoms with Gasteiger partial charge in [-0.2, -0.15) is 0 Å². The lowest BCUT2D eigenvalue weighted by atomic mass is 9.67. The Morgan fingerprint density at radius 2 is 2.07 bits per heavy atom. The van der Waals surface area contributed by atoms with Crippen molar-refractivity contribution in [1.29, 1.82) is 0 Å². The van der Waals surface area contributed by atoms with Gasteiger partial charge >= 0.3 is 5.97 Å².